The number of Topliss-reactive ketones (excluding diaryl/α,β-unsaturated/α-hetero) is 1. The first-order valence-corrected chi connectivity index (χ1v) is 6.67. The summed E-state index contributed by atoms with van der Waals surface area (Å²) in [7, 11) is 1.51. The predicted molar refractivity (Wildman–Crippen MR) is 79.5 cm³/mol. The standard InChI is InChI=1S/C17H18O4/c1-20-12-16(19)9-13-4-2-5-14(8-13)11-21-17-7-3-6-15(18)10-17/h2-8,10,18H,9,11-12H2,1H3. The Labute approximate surface area is 123 Å². The molecule has 0 amide bonds. The van der Waals surface area contributed by atoms with E-state index in [0.717, 1.165) is 11.1 Å². The Morgan fingerprint density at radius 2 is 1.86 bits per heavy atom. The fourth-order valence-electron chi connectivity index (χ4n) is 2.01. The molecule has 2 aromatic carbocycles. The molecule has 2 rings (SSSR count). The highest BCUT2D eigenvalue weighted by atomic mass is 16.5. The lowest BCUT2D eigenvalue weighted by molar-refractivity contribution is -0.121. The maximum atomic E-state index is 11.6. The van der Waals surface area contributed by atoms with E-state index in [1.165, 1.54) is 7.11 Å². The van der Waals surface area contributed by atoms with Gasteiger partial charge in [0.1, 0.15) is 24.7 Å². The van der Waals surface area contributed by atoms with Crippen molar-refractivity contribution in [3.63, 3.8) is 0 Å². The summed E-state index contributed by atoms with van der Waals surface area (Å²) in [6.07, 6.45) is 0.355. The fourth-order valence-corrected chi connectivity index (χ4v) is 2.01. The third kappa shape index (κ3) is 4.93. The number of aromatic hydroxyl groups is 1. The Morgan fingerprint density at radius 3 is 2.62 bits per heavy atom. The molecule has 4 nitrogen and oxygen atoms in total. The molecule has 0 heterocycles. The molecule has 0 spiro atoms. The lowest BCUT2D eigenvalue weighted by Crippen LogP contribution is -2.10. The Kier molecular flexibility index (Phi) is 5.35. The van der Waals surface area contributed by atoms with Crippen LogP contribution in [0.5, 0.6) is 11.5 Å². The number of hydrogen-bond donors (Lipinski definition) is 1. The van der Waals surface area contributed by atoms with Crippen LogP contribution in [0.1, 0.15) is 11.1 Å². The highest BCUT2D eigenvalue weighted by Crippen LogP contribution is 2.19. The number of methoxy groups -OCH3 is 1. The number of benzene rings is 2. The van der Waals surface area contributed by atoms with Gasteiger partial charge in [-0.05, 0) is 23.3 Å². The molecule has 0 radical (unpaired) electrons. The van der Waals surface area contributed by atoms with Crippen molar-refractivity contribution in [1.82, 2.24) is 0 Å². The van der Waals surface area contributed by atoms with Crippen molar-refractivity contribution in [3.8, 4) is 11.5 Å². The van der Waals surface area contributed by atoms with Gasteiger partial charge in [-0.25, -0.2) is 0 Å². The first-order chi connectivity index (χ1) is 10.2. The van der Waals surface area contributed by atoms with E-state index in [4.69, 9.17) is 9.47 Å². The summed E-state index contributed by atoms with van der Waals surface area (Å²) < 4.78 is 10.4. The Hall–Kier alpha value is -2.33. The SMILES string of the molecule is COCC(=O)Cc1cccc(COc2cccc(O)c2)c1. The molecule has 1 N–H and O–H groups in total. The largest absolute Gasteiger partial charge is 0.508 e. The number of rotatable bonds is 7. The zero-order valence-corrected chi connectivity index (χ0v) is 11.9. The van der Waals surface area contributed by atoms with E-state index in [-0.39, 0.29) is 18.1 Å². The van der Waals surface area contributed by atoms with Crippen molar-refractivity contribution in [2.45, 2.75) is 13.0 Å². The molecule has 4 heteroatoms. The second-order valence-corrected chi connectivity index (χ2v) is 4.75. The van der Waals surface area contributed by atoms with Crippen LogP contribution in [0.25, 0.3) is 0 Å². The molecule has 110 valence electrons. The quantitative estimate of drug-likeness (QED) is 0.850. The third-order valence-electron chi connectivity index (χ3n) is 2.92. The van der Waals surface area contributed by atoms with Crippen molar-refractivity contribution in [1.29, 1.82) is 0 Å². The molecule has 0 aliphatic rings. The van der Waals surface area contributed by atoms with Gasteiger partial charge >= 0.3 is 0 Å². The van der Waals surface area contributed by atoms with E-state index in [0.29, 0.717) is 18.8 Å². The molecule has 0 saturated heterocycles. The van der Waals surface area contributed by atoms with E-state index < -0.39 is 0 Å². The van der Waals surface area contributed by atoms with Gasteiger partial charge in [0.15, 0.2) is 5.78 Å². The topological polar surface area (TPSA) is 55.8 Å². The van der Waals surface area contributed by atoms with Gasteiger partial charge in [0.2, 0.25) is 0 Å². The molecule has 0 saturated carbocycles. The van der Waals surface area contributed by atoms with Crippen LogP contribution in [0.3, 0.4) is 0 Å². The number of phenolic OH excluding ortho intramolecular Hbond substituents is 1. The van der Waals surface area contributed by atoms with Gasteiger partial charge in [-0.1, -0.05) is 30.3 Å². The van der Waals surface area contributed by atoms with Crippen LogP contribution in [0.2, 0.25) is 0 Å². The highest BCUT2D eigenvalue weighted by Gasteiger charge is 2.04. The average Bonchev–Trinajstić information content (AvgIpc) is 2.46. The summed E-state index contributed by atoms with van der Waals surface area (Å²) >= 11 is 0. The lowest BCUT2D eigenvalue weighted by Gasteiger charge is -2.08. The number of carbonyl (C=O) groups is 1. The van der Waals surface area contributed by atoms with Crippen LogP contribution in [0.4, 0.5) is 0 Å². The molecule has 0 aliphatic carbocycles. The van der Waals surface area contributed by atoms with Crippen molar-refractivity contribution in [3.05, 3.63) is 59.7 Å². The zero-order valence-electron chi connectivity index (χ0n) is 11.9. The van der Waals surface area contributed by atoms with Crippen LogP contribution >= 0.6 is 0 Å². The average molecular weight is 286 g/mol. The monoisotopic (exact) mass is 286 g/mol. The summed E-state index contributed by atoms with van der Waals surface area (Å²) in [6.45, 7) is 0.514. The Bertz CT molecular complexity index is 607. The van der Waals surface area contributed by atoms with Gasteiger partial charge in [0, 0.05) is 19.6 Å². The van der Waals surface area contributed by atoms with E-state index in [1.807, 2.05) is 24.3 Å². The van der Waals surface area contributed by atoms with E-state index in [2.05, 4.69) is 0 Å². The maximum absolute atomic E-state index is 11.6. The first-order valence-electron chi connectivity index (χ1n) is 6.67. The van der Waals surface area contributed by atoms with Gasteiger partial charge in [0.05, 0.1) is 0 Å². The molecular weight excluding hydrogens is 268 g/mol. The van der Waals surface area contributed by atoms with E-state index >= 15 is 0 Å². The minimum absolute atomic E-state index is 0.0450. The number of phenols is 1. The van der Waals surface area contributed by atoms with E-state index in [9.17, 15) is 9.90 Å². The molecule has 0 fully saturated rings. The molecule has 0 bridgehead atoms. The van der Waals surface area contributed by atoms with Crippen LogP contribution < -0.4 is 4.74 Å². The molecular formula is C17H18O4. The fraction of sp³-hybridized carbons (Fsp3) is 0.235. The maximum Gasteiger partial charge on any atom is 0.162 e. The molecule has 0 unspecified atom stereocenters. The third-order valence-corrected chi connectivity index (χ3v) is 2.92. The smallest absolute Gasteiger partial charge is 0.162 e. The second kappa shape index (κ2) is 7.45. The van der Waals surface area contributed by atoms with Gasteiger partial charge in [-0.3, -0.25) is 4.79 Å². The Balaban J connectivity index is 1.96. The van der Waals surface area contributed by atoms with Crippen molar-refractivity contribution >= 4 is 5.78 Å². The Morgan fingerprint density at radius 1 is 1.10 bits per heavy atom. The van der Waals surface area contributed by atoms with E-state index in [1.54, 1.807) is 24.3 Å². The zero-order chi connectivity index (χ0) is 15.1. The highest BCUT2D eigenvalue weighted by molar-refractivity contribution is 5.82. The van der Waals surface area contributed by atoms with Crippen molar-refractivity contribution in [2.75, 3.05) is 13.7 Å². The number of ketones is 1. The van der Waals surface area contributed by atoms with Gasteiger partial charge < -0.3 is 14.6 Å². The van der Waals surface area contributed by atoms with Crippen LogP contribution in [0.15, 0.2) is 48.5 Å². The van der Waals surface area contributed by atoms with Crippen LogP contribution in [-0.4, -0.2) is 24.6 Å². The lowest BCUT2D eigenvalue weighted by atomic mass is 10.1. The predicted octanol–water partition coefficient (Wildman–Crippen LogP) is 2.73. The summed E-state index contributed by atoms with van der Waals surface area (Å²) in [4.78, 5) is 11.6. The first kappa shape index (κ1) is 15.1. The minimum Gasteiger partial charge on any atom is -0.508 e. The number of carbonyl (C=O) groups excluding carboxylic acids is 1. The summed E-state index contributed by atoms with van der Waals surface area (Å²) in [6, 6.07) is 14.3. The van der Waals surface area contributed by atoms with Gasteiger partial charge in [-0.15, -0.1) is 0 Å². The molecule has 0 aliphatic heterocycles. The molecule has 21 heavy (non-hydrogen) atoms. The minimum atomic E-state index is 0.0450. The van der Waals surface area contributed by atoms with Gasteiger partial charge in [0.25, 0.3) is 0 Å². The summed E-state index contributed by atoms with van der Waals surface area (Å²) in [5.41, 5.74) is 1.91. The normalized spacial score (nSPS) is 10.3. The van der Waals surface area contributed by atoms with Gasteiger partial charge in [-0.2, -0.15) is 0 Å². The number of hydrogen-bond acceptors (Lipinski definition) is 4. The van der Waals surface area contributed by atoms with Crippen molar-refractivity contribution in [2.24, 2.45) is 0 Å². The second-order valence-electron chi connectivity index (χ2n) is 4.75. The molecule has 0 atom stereocenters. The molecule has 2 aromatic rings. The summed E-state index contributed by atoms with van der Waals surface area (Å²) in [5, 5.41) is 9.37. The summed E-state index contributed by atoms with van der Waals surface area (Å²) in [5.74, 6) is 0.825. The number of ether oxygens (including phenoxy) is 2. The molecule has 0 aromatic heterocycles. The van der Waals surface area contributed by atoms with Crippen molar-refractivity contribution < 1.29 is 19.4 Å². The van der Waals surface area contributed by atoms with Crippen LogP contribution in [-0.2, 0) is 22.6 Å². The van der Waals surface area contributed by atoms with Crippen LogP contribution in [0, 0.1) is 0 Å².